The molecule has 0 aromatic heterocycles. The molecule has 1 rings (SSSR count). The van der Waals surface area contributed by atoms with Gasteiger partial charge in [-0.05, 0) is 77.0 Å². The van der Waals surface area contributed by atoms with Crippen LogP contribution in [0, 0.1) is 0 Å². The zero-order chi connectivity index (χ0) is 55.9. The van der Waals surface area contributed by atoms with Gasteiger partial charge in [0.05, 0.1) is 12.7 Å². The fourth-order valence-electron chi connectivity index (χ4n) is 7.04. The Morgan fingerprint density at radius 1 is 0.640 bits per heavy atom. The van der Waals surface area contributed by atoms with Crippen LogP contribution in [0.4, 0.5) is 0 Å². The normalized spacial score (nSPS) is 22.4. The summed E-state index contributed by atoms with van der Waals surface area (Å²) in [5, 5.41) is 60.6. The van der Waals surface area contributed by atoms with Crippen molar-refractivity contribution in [1.29, 1.82) is 0 Å². The number of phosphoric ester groups is 2. The van der Waals surface area contributed by atoms with Crippen molar-refractivity contribution in [1.82, 2.24) is 0 Å². The van der Waals surface area contributed by atoms with Gasteiger partial charge < -0.3 is 60.5 Å². The first-order valence-electron chi connectivity index (χ1n) is 25.7. The van der Waals surface area contributed by atoms with Gasteiger partial charge >= 0.3 is 33.6 Å². The van der Waals surface area contributed by atoms with Crippen LogP contribution in [0.15, 0.2) is 97.2 Å². The van der Waals surface area contributed by atoms with E-state index in [1.54, 1.807) is 18.2 Å². The Morgan fingerprint density at radius 3 is 1.77 bits per heavy atom. The molecular weight excluding hydrogens is 1040 g/mol. The number of hydrogen-bond acceptors (Lipinski definition) is 17. The zero-order valence-electron chi connectivity index (χ0n) is 43.3. The Bertz CT molecular complexity index is 1940. The van der Waals surface area contributed by atoms with Gasteiger partial charge in [-0.25, -0.2) is 9.13 Å². The predicted molar refractivity (Wildman–Crippen MR) is 288 cm³/mol. The Labute approximate surface area is 447 Å². The minimum atomic E-state index is -5.51. The molecular formula is C52H85NO19P2S. The third-order valence-corrected chi connectivity index (χ3v) is 14.0. The van der Waals surface area contributed by atoms with Crippen molar-refractivity contribution in [3.8, 4) is 0 Å². The molecule has 1 aliphatic rings. The van der Waals surface area contributed by atoms with Crippen LogP contribution in [-0.4, -0.2) is 142 Å². The highest BCUT2D eigenvalue weighted by Crippen LogP contribution is 2.50. The minimum Gasteiger partial charge on any atom is -0.481 e. The molecule has 0 radical (unpaired) electrons. The number of esters is 2. The number of carbonyl (C=O) groups excluding carboxylic acids is 2. The van der Waals surface area contributed by atoms with Crippen LogP contribution in [0.3, 0.4) is 0 Å². The van der Waals surface area contributed by atoms with Crippen LogP contribution in [-0.2, 0) is 46.6 Å². The van der Waals surface area contributed by atoms with Crippen LogP contribution in [0.5, 0.6) is 0 Å². The highest BCUT2D eigenvalue weighted by molar-refractivity contribution is 8.00. The number of hydrogen-bond donors (Lipinski definition) is 10. The number of ether oxygens (including phenoxy) is 2. The summed E-state index contributed by atoms with van der Waals surface area (Å²) >= 11 is 1.10. The molecule has 0 spiro atoms. The lowest BCUT2D eigenvalue weighted by molar-refractivity contribution is -0.216. The maximum atomic E-state index is 13.2. The maximum absolute atomic E-state index is 13.2. The SMILES string of the molecule is CC/C=C\C/C=C\C/C=C\C/C=C\CCCCCCC(=O)O[C@H](COC(=O)[C@@H](N)CS[C@H](/C=C/C=C/C=C\C/C=C\CCCCC)[C@@H](O)CCCC(=O)O)COP(=O)(O)O[C@H]1[C@H](O)[C@@H](O)[C@H](O)[C@@H](O)[C@H]1OP(=O)(O)O. The molecule has 75 heavy (non-hydrogen) atoms. The van der Waals surface area contributed by atoms with Crippen LogP contribution >= 0.6 is 27.4 Å². The number of nitrogens with two attached hydrogens (primary N) is 1. The lowest BCUT2D eigenvalue weighted by atomic mass is 9.85. The number of allylic oxidation sites excluding steroid dienone is 15. The monoisotopic (exact) mass is 1120 g/mol. The van der Waals surface area contributed by atoms with E-state index < -0.39 is 107 Å². The smallest absolute Gasteiger partial charge is 0.472 e. The molecule has 1 aliphatic carbocycles. The number of carbonyl (C=O) groups is 3. The first kappa shape index (κ1) is 69.7. The van der Waals surface area contributed by atoms with Gasteiger partial charge in [0.2, 0.25) is 0 Å². The van der Waals surface area contributed by atoms with Crippen molar-refractivity contribution in [3.63, 3.8) is 0 Å². The Hall–Kier alpha value is -3.34. The summed E-state index contributed by atoms with van der Waals surface area (Å²) in [5.74, 6) is -2.92. The van der Waals surface area contributed by atoms with Gasteiger partial charge in [0, 0.05) is 23.8 Å². The molecule has 11 atom stereocenters. The molecule has 20 nitrogen and oxygen atoms in total. The summed E-state index contributed by atoms with van der Waals surface area (Å²) in [6, 6.07) is -1.32. The Kier molecular flexibility index (Phi) is 38.8. The van der Waals surface area contributed by atoms with Gasteiger partial charge in [-0.2, -0.15) is 0 Å². The average Bonchev–Trinajstić information content (AvgIpc) is 3.35. The molecule has 0 amide bonds. The van der Waals surface area contributed by atoms with Gasteiger partial charge in [-0.1, -0.05) is 137 Å². The van der Waals surface area contributed by atoms with E-state index in [1.807, 2.05) is 18.2 Å². The number of aliphatic hydroxyl groups is 5. The summed E-state index contributed by atoms with van der Waals surface area (Å²) in [6.45, 7) is 2.47. The molecule has 1 unspecified atom stereocenters. The molecule has 1 fully saturated rings. The maximum Gasteiger partial charge on any atom is 0.472 e. The molecule has 0 saturated heterocycles. The number of phosphoric acid groups is 2. The van der Waals surface area contributed by atoms with Crippen LogP contribution < -0.4 is 5.73 Å². The summed E-state index contributed by atoms with van der Waals surface area (Å²) < 4.78 is 49.9. The second kappa shape index (κ2) is 41.7. The van der Waals surface area contributed by atoms with Crippen LogP contribution in [0.1, 0.15) is 129 Å². The number of carboxylic acids is 1. The van der Waals surface area contributed by atoms with Gasteiger partial charge in [-0.15, -0.1) is 11.8 Å². The first-order valence-corrected chi connectivity index (χ1v) is 29.8. The van der Waals surface area contributed by atoms with E-state index in [4.69, 9.17) is 29.4 Å². The minimum absolute atomic E-state index is 0.0999. The average molecular weight is 1120 g/mol. The highest BCUT2D eigenvalue weighted by Gasteiger charge is 2.54. The van der Waals surface area contributed by atoms with Crippen molar-refractivity contribution in [3.05, 3.63) is 97.2 Å². The molecule has 428 valence electrons. The van der Waals surface area contributed by atoms with Gasteiger partial charge in [-0.3, -0.25) is 28.0 Å². The first-order chi connectivity index (χ1) is 35.7. The number of aliphatic hydroxyl groups excluding tert-OH is 5. The fraction of sp³-hybridized carbons (Fsp3) is 0.635. The predicted octanol–water partition coefficient (Wildman–Crippen LogP) is 7.26. The Morgan fingerprint density at radius 2 is 1.19 bits per heavy atom. The lowest BCUT2D eigenvalue weighted by Gasteiger charge is -2.43. The molecule has 0 bridgehead atoms. The number of rotatable bonds is 42. The topological polar surface area (TPSA) is 340 Å². The van der Waals surface area contributed by atoms with E-state index in [9.17, 15) is 63.7 Å². The lowest BCUT2D eigenvalue weighted by Crippen LogP contribution is -2.64. The summed E-state index contributed by atoms with van der Waals surface area (Å²) in [7, 11) is -11.0. The van der Waals surface area contributed by atoms with E-state index in [0.29, 0.717) is 12.8 Å². The highest BCUT2D eigenvalue weighted by atomic mass is 32.2. The second-order valence-corrected chi connectivity index (χ2v) is 21.5. The fourth-order valence-corrected chi connectivity index (χ4v) is 9.70. The quantitative estimate of drug-likeness (QED) is 0.00944. The van der Waals surface area contributed by atoms with Crippen LogP contribution in [0.2, 0.25) is 0 Å². The van der Waals surface area contributed by atoms with Crippen molar-refractivity contribution in [2.24, 2.45) is 5.73 Å². The summed E-state index contributed by atoms with van der Waals surface area (Å²) in [5.41, 5.74) is 6.18. The number of aliphatic carboxylic acids is 1. The van der Waals surface area contributed by atoms with Gasteiger partial charge in [0.25, 0.3) is 0 Å². The number of unbranched alkanes of at least 4 members (excludes halogenated alkanes) is 7. The van der Waals surface area contributed by atoms with E-state index in [0.717, 1.165) is 82.4 Å². The molecule has 0 aliphatic heterocycles. The molecule has 23 heteroatoms. The molecule has 11 N–H and O–H groups in total. The third-order valence-electron chi connectivity index (χ3n) is 11.1. The van der Waals surface area contributed by atoms with Gasteiger partial charge in [0.15, 0.2) is 6.10 Å². The van der Waals surface area contributed by atoms with E-state index in [-0.39, 0.29) is 31.4 Å². The standard InChI is InChI=1S/C52H85NO19P2S/c1-3-5-7-9-11-13-15-17-18-19-20-21-23-25-27-29-31-36-45(57)70-40(38-69-74(66,67)72-51-49(61)47(59)46(58)48(60)50(51)71-73(63,64)65)37-68-52(62)41(53)39-75-43(42(54)33-32-35-44(55)56)34-30-28-26-24-22-16-14-12-10-8-6-4-2/h5,7,11-14,17-18,20-22,24,26,28,30,34,40-43,46-51,54,58-61H,3-4,6,8-10,15-16,19,23,25,27,29,31-33,35-39,53H2,1-2H3,(H,55,56)(H,66,67)(H2,63,64,65)/b7-5-,13-11-,14-12-,18-17-,21-20-,24-22-,28-26+,34-30+/t40-,41+,42+,43-,46+,47+,48-,49-,50-,51+/m1/s1. The van der Waals surface area contributed by atoms with Crippen molar-refractivity contribution < 1.29 is 91.9 Å². The van der Waals surface area contributed by atoms with Crippen LogP contribution in [0.25, 0.3) is 0 Å². The Balaban J connectivity index is 3.01. The second-order valence-electron chi connectivity index (χ2n) is 17.7. The molecule has 0 heterocycles. The van der Waals surface area contributed by atoms with Crippen molar-refractivity contribution >= 4 is 45.3 Å². The van der Waals surface area contributed by atoms with E-state index in [1.165, 1.54) is 6.42 Å². The molecule has 1 saturated carbocycles. The van der Waals surface area contributed by atoms with Gasteiger partial charge in [0.1, 0.15) is 49.3 Å². The van der Waals surface area contributed by atoms with Crippen molar-refractivity contribution in [2.75, 3.05) is 19.0 Å². The zero-order valence-corrected chi connectivity index (χ0v) is 46.0. The van der Waals surface area contributed by atoms with E-state index in [2.05, 4.69) is 79.1 Å². The number of thioether (sulfide) groups is 1. The largest absolute Gasteiger partial charge is 0.481 e. The number of carboxylic acid groups (broad SMARTS) is 1. The van der Waals surface area contributed by atoms with Crippen molar-refractivity contribution in [2.45, 2.75) is 190 Å². The molecule has 0 aromatic rings. The van der Waals surface area contributed by atoms with E-state index >= 15 is 0 Å². The summed E-state index contributed by atoms with van der Waals surface area (Å²) in [4.78, 5) is 66.7. The third kappa shape index (κ3) is 34.9. The molecule has 0 aromatic carbocycles. The summed E-state index contributed by atoms with van der Waals surface area (Å²) in [6.07, 6.45) is 28.1.